The van der Waals surface area contributed by atoms with Crippen molar-refractivity contribution in [3.8, 4) is 11.1 Å². The van der Waals surface area contributed by atoms with E-state index in [0.29, 0.717) is 23.7 Å². The maximum atomic E-state index is 12.9. The fourth-order valence-electron chi connectivity index (χ4n) is 4.07. The normalized spacial score (nSPS) is 14.9. The van der Waals surface area contributed by atoms with Crippen LogP contribution in [0.2, 0.25) is 0 Å². The highest BCUT2D eigenvalue weighted by Crippen LogP contribution is 2.24. The van der Waals surface area contributed by atoms with Gasteiger partial charge in [0.2, 0.25) is 5.95 Å². The van der Waals surface area contributed by atoms with Gasteiger partial charge >= 0.3 is 0 Å². The summed E-state index contributed by atoms with van der Waals surface area (Å²) >= 11 is 0. The van der Waals surface area contributed by atoms with Crippen molar-refractivity contribution < 1.29 is 8.42 Å². The van der Waals surface area contributed by atoms with Crippen LogP contribution in [0, 0.1) is 0 Å². The van der Waals surface area contributed by atoms with Crippen molar-refractivity contribution in [2.24, 2.45) is 0 Å². The zero-order valence-electron chi connectivity index (χ0n) is 19.1. The second-order valence-electron chi connectivity index (χ2n) is 8.43. The molecule has 0 radical (unpaired) electrons. The minimum absolute atomic E-state index is 0.320. The number of anilines is 2. The number of benzene rings is 2. The van der Waals surface area contributed by atoms with Crippen LogP contribution in [0.3, 0.4) is 0 Å². The number of H-pyrrole nitrogens is 1. The smallest absolute Gasteiger partial charge is 0.227 e. The minimum Gasteiger partial charge on any atom is -0.324 e. The van der Waals surface area contributed by atoms with Crippen LogP contribution in [0.25, 0.3) is 23.3 Å². The van der Waals surface area contributed by atoms with Gasteiger partial charge in [-0.2, -0.15) is 5.10 Å². The fourth-order valence-corrected chi connectivity index (χ4v) is 5.82. The third kappa shape index (κ3) is 5.47. The molecule has 1 saturated heterocycles. The molecule has 0 aliphatic carbocycles. The zero-order chi connectivity index (χ0) is 24.1. The van der Waals surface area contributed by atoms with Gasteiger partial charge in [0.15, 0.2) is 9.84 Å². The fraction of sp³-hybridized carbons (Fsp3) is 0.192. The van der Waals surface area contributed by atoms with E-state index in [4.69, 9.17) is 0 Å². The van der Waals surface area contributed by atoms with E-state index in [0.717, 1.165) is 41.0 Å². The summed E-state index contributed by atoms with van der Waals surface area (Å²) in [4.78, 5) is 9.11. The summed E-state index contributed by atoms with van der Waals surface area (Å²) in [6, 6.07) is 15.0. The molecule has 9 heteroatoms. The summed E-state index contributed by atoms with van der Waals surface area (Å²) in [6.07, 6.45) is 12.4. The lowest BCUT2D eigenvalue weighted by Crippen LogP contribution is -2.35. The van der Waals surface area contributed by atoms with Crippen molar-refractivity contribution in [3.63, 3.8) is 0 Å². The number of rotatable bonds is 7. The Hall–Kier alpha value is -3.82. The molecule has 5 rings (SSSR count). The molecule has 1 fully saturated rings. The van der Waals surface area contributed by atoms with Gasteiger partial charge in [0, 0.05) is 35.4 Å². The van der Waals surface area contributed by atoms with Crippen molar-refractivity contribution in [1.29, 1.82) is 0 Å². The van der Waals surface area contributed by atoms with Gasteiger partial charge in [-0.1, -0.05) is 30.4 Å². The number of nitrogens with one attached hydrogen (secondary N) is 3. The molecule has 0 unspecified atom stereocenters. The second-order valence-corrected chi connectivity index (χ2v) is 10.7. The predicted molar refractivity (Wildman–Crippen MR) is 138 cm³/mol. The van der Waals surface area contributed by atoms with Crippen molar-refractivity contribution in [2.75, 3.05) is 18.4 Å². The van der Waals surface area contributed by atoms with Crippen LogP contribution in [-0.2, 0) is 9.84 Å². The number of hydrogen-bond acceptors (Lipinski definition) is 7. The molecule has 2 aromatic carbocycles. The molecule has 2 aromatic heterocycles. The molecule has 0 spiro atoms. The molecule has 0 atom stereocenters. The molecule has 1 aliphatic heterocycles. The van der Waals surface area contributed by atoms with Gasteiger partial charge in [-0.3, -0.25) is 5.10 Å². The molecule has 4 aromatic rings. The molecule has 0 amide bonds. The van der Waals surface area contributed by atoms with Crippen LogP contribution in [-0.4, -0.2) is 46.9 Å². The van der Waals surface area contributed by atoms with Crippen molar-refractivity contribution >= 4 is 33.6 Å². The maximum Gasteiger partial charge on any atom is 0.227 e. The molecule has 35 heavy (non-hydrogen) atoms. The monoisotopic (exact) mass is 486 g/mol. The summed E-state index contributed by atoms with van der Waals surface area (Å²) in [5, 5.41) is 12.8. The molecule has 0 saturated carbocycles. The Morgan fingerprint density at radius 1 is 0.886 bits per heavy atom. The Morgan fingerprint density at radius 2 is 1.63 bits per heavy atom. The van der Waals surface area contributed by atoms with E-state index >= 15 is 0 Å². The van der Waals surface area contributed by atoms with Gasteiger partial charge in [-0.05, 0) is 67.4 Å². The Kier molecular flexibility index (Phi) is 6.69. The Balaban J connectivity index is 1.22. The topological polar surface area (TPSA) is 113 Å². The molecular weight excluding hydrogens is 460 g/mol. The summed E-state index contributed by atoms with van der Waals surface area (Å²) in [5.74, 6) is 0.443. The highest BCUT2D eigenvalue weighted by atomic mass is 32.2. The number of aromatic amines is 1. The summed E-state index contributed by atoms with van der Waals surface area (Å²) in [6.45, 7) is 1.48. The molecule has 8 nitrogen and oxygen atoms in total. The van der Waals surface area contributed by atoms with Crippen LogP contribution in [0.4, 0.5) is 11.6 Å². The van der Waals surface area contributed by atoms with Gasteiger partial charge in [0.25, 0.3) is 0 Å². The largest absolute Gasteiger partial charge is 0.324 e. The van der Waals surface area contributed by atoms with E-state index < -0.39 is 9.84 Å². The third-order valence-corrected chi connectivity index (χ3v) is 8.30. The van der Waals surface area contributed by atoms with Gasteiger partial charge in [0.05, 0.1) is 16.3 Å². The van der Waals surface area contributed by atoms with Crippen molar-refractivity contribution in [3.05, 3.63) is 84.4 Å². The highest BCUT2D eigenvalue weighted by molar-refractivity contribution is 7.92. The van der Waals surface area contributed by atoms with E-state index in [2.05, 4.69) is 36.9 Å². The molecule has 0 bridgehead atoms. The van der Waals surface area contributed by atoms with Crippen LogP contribution < -0.4 is 10.6 Å². The quantitative estimate of drug-likeness (QED) is 0.357. The van der Waals surface area contributed by atoms with E-state index in [1.54, 1.807) is 42.9 Å². The zero-order valence-corrected chi connectivity index (χ0v) is 19.9. The van der Waals surface area contributed by atoms with E-state index in [9.17, 15) is 8.42 Å². The second kappa shape index (κ2) is 10.2. The van der Waals surface area contributed by atoms with Gasteiger partial charge in [0.1, 0.15) is 0 Å². The number of aromatic nitrogens is 4. The predicted octanol–water partition coefficient (Wildman–Crippen LogP) is 4.31. The number of sulfone groups is 1. The SMILES string of the molecule is O=S(=O)(c1ccc(Nc2ncc(/C=C/c3cccc(-c4cn[nH]c4)c3)cn2)cc1)C1CCNCC1. The van der Waals surface area contributed by atoms with E-state index in [1.807, 2.05) is 36.5 Å². The molecule has 1 aliphatic rings. The van der Waals surface area contributed by atoms with Crippen molar-refractivity contribution in [1.82, 2.24) is 25.5 Å². The van der Waals surface area contributed by atoms with E-state index in [-0.39, 0.29) is 5.25 Å². The lowest BCUT2D eigenvalue weighted by Gasteiger charge is -2.22. The average molecular weight is 487 g/mol. The van der Waals surface area contributed by atoms with Crippen LogP contribution in [0.15, 0.2) is 78.2 Å². The molecule has 3 N–H and O–H groups in total. The molecule has 3 heterocycles. The summed E-state index contributed by atoms with van der Waals surface area (Å²) < 4.78 is 25.7. The lowest BCUT2D eigenvalue weighted by atomic mass is 10.1. The molecule has 178 valence electrons. The molecular formula is C26H26N6O2S. The number of hydrogen-bond donors (Lipinski definition) is 3. The van der Waals surface area contributed by atoms with Gasteiger partial charge in [-0.15, -0.1) is 0 Å². The minimum atomic E-state index is -3.31. The Labute approximate surface area is 204 Å². The lowest BCUT2D eigenvalue weighted by molar-refractivity contribution is 0.496. The first kappa shape index (κ1) is 22.9. The van der Waals surface area contributed by atoms with Crippen molar-refractivity contribution in [2.45, 2.75) is 23.0 Å². The van der Waals surface area contributed by atoms with Gasteiger partial charge in [-0.25, -0.2) is 18.4 Å². The highest BCUT2D eigenvalue weighted by Gasteiger charge is 2.28. The Morgan fingerprint density at radius 3 is 2.34 bits per heavy atom. The van der Waals surface area contributed by atoms with Crippen LogP contribution in [0.1, 0.15) is 24.0 Å². The standard InChI is InChI=1S/C26H26N6O2S/c33-35(34,25-10-12-27-13-11-25)24-8-6-23(7-9-24)32-26-28-15-20(16-29-26)5-4-19-2-1-3-21(14-19)22-17-30-31-18-22/h1-9,14-18,25,27H,10-13H2,(H,30,31)(H,28,29,32)/b5-4+. The van der Waals surface area contributed by atoms with Gasteiger partial charge < -0.3 is 10.6 Å². The Bertz CT molecular complexity index is 1390. The number of nitrogens with zero attached hydrogens (tertiary/aromatic N) is 3. The van der Waals surface area contributed by atoms with Crippen LogP contribution >= 0.6 is 0 Å². The van der Waals surface area contributed by atoms with E-state index in [1.165, 1.54) is 0 Å². The first-order valence-corrected chi connectivity index (χ1v) is 13.0. The summed E-state index contributed by atoms with van der Waals surface area (Å²) in [7, 11) is -3.31. The first-order valence-electron chi connectivity index (χ1n) is 11.5. The summed E-state index contributed by atoms with van der Waals surface area (Å²) in [5.41, 5.74) is 4.79. The first-order chi connectivity index (χ1) is 17.1. The van der Waals surface area contributed by atoms with Crippen LogP contribution in [0.5, 0.6) is 0 Å². The average Bonchev–Trinajstić information content (AvgIpc) is 3.45. The third-order valence-electron chi connectivity index (χ3n) is 6.02. The number of piperidine rings is 1. The maximum absolute atomic E-state index is 12.9.